The lowest BCUT2D eigenvalue weighted by Gasteiger charge is -2.19. The zero-order valence-corrected chi connectivity index (χ0v) is 24.9. The van der Waals surface area contributed by atoms with Crippen LogP contribution in [0.4, 0.5) is 4.79 Å². The first-order chi connectivity index (χ1) is 16.9. The molecule has 0 radical (unpaired) electrons. The zero-order valence-electron chi connectivity index (χ0n) is 23.1. The van der Waals surface area contributed by atoms with Crippen molar-refractivity contribution >= 4 is 25.1 Å². The van der Waals surface area contributed by atoms with E-state index in [1.807, 2.05) is 0 Å². The van der Waals surface area contributed by atoms with Gasteiger partial charge in [-0.2, -0.15) is 11.8 Å². The predicted octanol–water partition coefficient (Wildman–Crippen LogP) is 9.13. The summed E-state index contributed by atoms with van der Waals surface area (Å²) in [5, 5.41) is 0.586. The molecule has 0 fully saturated rings. The van der Waals surface area contributed by atoms with Crippen molar-refractivity contribution in [2.45, 2.75) is 141 Å². The summed E-state index contributed by atoms with van der Waals surface area (Å²) in [4.78, 5) is 20.8. The molecule has 0 aliphatic rings. The van der Waals surface area contributed by atoms with E-state index in [0.717, 1.165) is 13.5 Å². The molecule has 210 valence electrons. The number of carbonyl (C=O) groups is 1. The average Bonchev–Trinajstić information content (AvgIpc) is 2.85. The molecule has 0 aromatic rings. The standard InChI is InChI=1S/C27H55O6PS/c1-5-7-9-11-13-14-15-17-19-23-35-26(20-18-16-12-10-8-6-2)21-22-32-25(3)24-33-34(29,30)27(28)31-4/h25-26H,5-24H2,1-4H3,(H,29,30). The number of thioether (sulfide) groups is 1. The molecule has 0 saturated heterocycles. The molecule has 0 bridgehead atoms. The van der Waals surface area contributed by atoms with Gasteiger partial charge in [0, 0.05) is 11.9 Å². The Bertz CT molecular complexity index is 534. The molecule has 6 nitrogen and oxygen atoms in total. The molecule has 0 aromatic heterocycles. The third kappa shape index (κ3) is 21.7. The SMILES string of the molecule is CCCCCCCCCCCSC(CCCCCCCC)CCOC(C)COP(=O)(O)C(=O)OC. The maximum absolute atomic E-state index is 11.7. The van der Waals surface area contributed by atoms with Gasteiger partial charge in [-0.25, -0.2) is 9.36 Å². The normalized spacial score (nSPS) is 15.0. The van der Waals surface area contributed by atoms with Gasteiger partial charge in [0.15, 0.2) is 0 Å². The van der Waals surface area contributed by atoms with Gasteiger partial charge in [-0.1, -0.05) is 104 Å². The lowest BCUT2D eigenvalue weighted by molar-refractivity contribution is 0.0277. The maximum atomic E-state index is 11.7. The number of carbonyl (C=O) groups excluding carboxylic acids is 1. The third-order valence-electron chi connectivity index (χ3n) is 6.21. The molecule has 0 saturated carbocycles. The molecule has 0 spiro atoms. The van der Waals surface area contributed by atoms with E-state index in [-0.39, 0.29) is 12.7 Å². The van der Waals surface area contributed by atoms with Gasteiger partial charge in [0.2, 0.25) is 0 Å². The van der Waals surface area contributed by atoms with Crippen LogP contribution in [0.5, 0.6) is 0 Å². The van der Waals surface area contributed by atoms with Crippen LogP contribution < -0.4 is 0 Å². The highest BCUT2D eigenvalue weighted by atomic mass is 32.2. The van der Waals surface area contributed by atoms with E-state index in [1.54, 1.807) is 6.92 Å². The molecule has 35 heavy (non-hydrogen) atoms. The minimum absolute atomic E-state index is 0.115. The number of ether oxygens (including phenoxy) is 2. The number of methoxy groups -OCH3 is 1. The maximum Gasteiger partial charge on any atom is 0.435 e. The van der Waals surface area contributed by atoms with Crippen LogP contribution in [0.3, 0.4) is 0 Å². The lowest BCUT2D eigenvalue weighted by atomic mass is 10.1. The Morgan fingerprint density at radius 2 is 1.34 bits per heavy atom. The van der Waals surface area contributed by atoms with Crippen LogP contribution in [0.1, 0.15) is 130 Å². The van der Waals surface area contributed by atoms with E-state index in [2.05, 4.69) is 30.3 Å². The summed E-state index contributed by atoms with van der Waals surface area (Å²) in [5.41, 5.74) is -1.24. The summed E-state index contributed by atoms with van der Waals surface area (Å²) in [5.74, 6) is 1.21. The van der Waals surface area contributed by atoms with Crippen LogP contribution in [0.25, 0.3) is 0 Å². The van der Waals surface area contributed by atoms with E-state index in [1.165, 1.54) is 108 Å². The fraction of sp³-hybridized carbons (Fsp3) is 0.963. The summed E-state index contributed by atoms with van der Waals surface area (Å²) in [7, 11) is -3.33. The third-order valence-corrected chi connectivity index (χ3v) is 8.82. The van der Waals surface area contributed by atoms with Crippen molar-refractivity contribution in [1.29, 1.82) is 0 Å². The molecule has 3 atom stereocenters. The summed E-state index contributed by atoms with van der Waals surface area (Å²) in [6.45, 7) is 6.77. The Balaban J connectivity index is 4.17. The predicted molar refractivity (Wildman–Crippen MR) is 150 cm³/mol. The smallest absolute Gasteiger partial charge is 0.435 e. The highest BCUT2D eigenvalue weighted by Gasteiger charge is 2.32. The Morgan fingerprint density at radius 3 is 1.89 bits per heavy atom. The monoisotopic (exact) mass is 538 g/mol. The quantitative estimate of drug-likeness (QED) is 0.0868. The number of rotatable bonds is 26. The van der Waals surface area contributed by atoms with Crippen molar-refractivity contribution in [2.24, 2.45) is 0 Å². The van der Waals surface area contributed by atoms with Gasteiger partial charge >= 0.3 is 13.3 Å². The Hall–Kier alpha value is -0.0700. The van der Waals surface area contributed by atoms with E-state index in [4.69, 9.17) is 9.26 Å². The van der Waals surface area contributed by atoms with Crippen molar-refractivity contribution in [2.75, 3.05) is 26.1 Å². The molecule has 0 aliphatic heterocycles. The van der Waals surface area contributed by atoms with Crippen molar-refractivity contribution in [3.63, 3.8) is 0 Å². The second-order valence-electron chi connectivity index (χ2n) is 9.63. The fourth-order valence-corrected chi connectivity index (χ4v) is 6.00. The topological polar surface area (TPSA) is 82.1 Å². The minimum Gasteiger partial charge on any atom is -0.460 e. The molecule has 0 rings (SSSR count). The molecule has 0 aromatic carbocycles. The summed E-state index contributed by atoms with van der Waals surface area (Å²) in [6, 6.07) is 0. The summed E-state index contributed by atoms with van der Waals surface area (Å²) >= 11 is 2.08. The van der Waals surface area contributed by atoms with Gasteiger partial charge in [-0.3, -0.25) is 4.52 Å². The van der Waals surface area contributed by atoms with Gasteiger partial charge in [0.25, 0.3) is 0 Å². The minimum atomic E-state index is -4.39. The van der Waals surface area contributed by atoms with Gasteiger partial charge < -0.3 is 14.4 Å². The largest absolute Gasteiger partial charge is 0.460 e. The van der Waals surface area contributed by atoms with Gasteiger partial charge in [-0.05, 0) is 31.9 Å². The van der Waals surface area contributed by atoms with Crippen LogP contribution in [0, 0.1) is 0 Å². The molecular weight excluding hydrogens is 483 g/mol. The first-order valence-corrected chi connectivity index (χ1v) is 16.8. The van der Waals surface area contributed by atoms with Crippen LogP contribution in [-0.4, -0.2) is 48.0 Å². The van der Waals surface area contributed by atoms with Gasteiger partial charge in [-0.15, -0.1) is 0 Å². The lowest BCUT2D eigenvalue weighted by Crippen LogP contribution is -2.19. The Morgan fingerprint density at radius 1 is 0.829 bits per heavy atom. The van der Waals surface area contributed by atoms with Crippen LogP contribution in [0.2, 0.25) is 0 Å². The van der Waals surface area contributed by atoms with Crippen molar-refractivity contribution < 1.29 is 28.3 Å². The average molecular weight is 539 g/mol. The molecule has 0 amide bonds. The second-order valence-corrected chi connectivity index (χ2v) is 12.7. The molecule has 1 N–H and O–H groups in total. The van der Waals surface area contributed by atoms with E-state index in [0.29, 0.717) is 11.9 Å². The fourth-order valence-electron chi connectivity index (χ4n) is 3.95. The van der Waals surface area contributed by atoms with Crippen molar-refractivity contribution in [1.82, 2.24) is 0 Å². The molecule has 0 heterocycles. The Labute approximate surface area is 220 Å². The summed E-state index contributed by atoms with van der Waals surface area (Å²) in [6.07, 6.45) is 21.9. The number of unbranched alkanes of at least 4 members (excludes halogenated alkanes) is 13. The first kappa shape index (κ1) is 34.9. The van der Waals surface area contributed by atoms with Crippen LogP contribution >= 0.6 is 19.4 Å². The second kappa shape index (κ2) is 24.3. The highest BCUT2D eigenvalue weighted by molar-refractivity contribution is 7.99. The van der Waals surface area contributed by atoms with Gasteiger partial charge in [0.1, 0.15) is 0 Å². The first-order valence-electron chi connectivity index (χ1n) is 14.2. The highest BCUT2D eigenvalue weighted by Crippen LogP contribution is 2.43. The van der Waals surface area contributed by atoms with E-state index in [9.17, 15) is 14.3 Å². The molecule has 8 heteroatoms. The van der Waals surface area contributed by atoms with Crippen molar-refractivity contribution in [3.05, 3.63) is 0 Å². The molecule has 0 aliphatic carbocycles. The van der Waals surface area contributed by atoms with E-state index >= 15 is 0 Å². The summed E-state index contributed by atoms with van der Waals surface area (Å²) < 4.78 is 26.7. The van der Waals surface area contributed by atoms with E-state index < -0.39 is 13.3 Å². The molecular formula is C27H55O6PS. The Kier molecular flexibility index (Phi) is 24.2. The van der Waals surface area contributed by atoms with Crippen LogP contribution in [0.15, 0.2) is 0 Å². The number of hydrogen-bond acceptors (Lipinski definition) is 6. The zero-order chi connectivity index (χ0) is 26.2. The van der Waals surface area contributed by atoms with Gasteiger partial charge in [0.05, 0.1) is 19.8 Å². The molecule has 3 unspecified atom stereocenters. The van der Waals surface area contributed by atoms with Crippen molar-refractivity contribution in [3.8, 4) is 0 Å². The van der Waals surface area contributed by atoms with Crippen LogP contribution in [-0.2, 0) is 18.6 Å². The number of hydrogen-bond donors (Lipinski definition) is 1.